The average Bonchev–Trinajstić information content (AvgIpc) is 2.40. The first-order valence-electron chi connectivity index (χ1n) is 6.14. The molecule has 0 amide bonds. The van der Waals surface area contributed by atoms with Crippen molar-refractivity contribution in [2.24, 2.45) is 0 Å². The minimum atomic E-state index is 1.04. The number of hydrogen-bond acceptors (Lipinski definition) is 0. The average molecular weight is 299 g/mol. The molecule has 2 rings (SSSR count). The highest BCUT2D eigenvalue weighted by molar-refractivity contribution is 9.10. The second-order valence-electron chi connectivity index (χ2n) is 4.20. The molecular formula is C17H15Br. The van der Waals surface area contributed by atoms with Crippen LogP contribution in [0.2, 0.25) is 0 Å². The van der Waals surface area contributed by atoms with Crippen LogP contribution in [0.5, 0.6) is 0 Å². The number of hydrogen-bond donors (Lipinski definition) is 0. The van der Waals surface area contributed by atoms with Gasteiger partial charge in [0.1, 0.15) is 0 Å². The molecule has 18 heavy (non-hydrogen) atoms. The van der Waals surface area contributed by atoms with Gasteiger partial charge in [-0.3, -0.25) is 0 Å². The van der Waals surface area contributed by atoms with Gasteiger partial charge in [-0.2, -0.15) is 0 Å². The van der Waals surface area contributed by atoms with E-state index in [2.05, 4.69) is 59.0 Å². The molecule has 0 fully saturated rings. The molecule has 0 aliphatic heterocycles. The van der Waals surface area contributed by atoms with Gasteiger partial charge in [-0.25, -0.2) is 0 Å². The maximum absolute atomic E-state index is 3.42. The molecule has 0 nitrogen and oxygen atoms in total. The lowest BCUT2D eigenvalue weighted by molar-refractivity contribution is 0.922. The van der Waals surface area contributed by atoms with Crippen molar-refractivity contribution >= 4 is 15.9 Å². The molecule has 0 spiro atoms. The van der Waals surface area contributed by atoms with E-state index in [1.54, 1.807) is 0 Å². The summed E-state index contributed by atoms with van der Waals surface area (Å²) in [5.41, 5.74) is 3.49. The summed E-state index contributed by atoms with van der Waals surface area (Å²) in [6, 6.07) is 16.6. The lowest BCUT2D eigenvalue weighted by Gasteiger charge is -1.97. The van der Waals surface area contributed by atoms with Gasteiger partial charge in [0.05, 0.1) is 0 Å². The Labute approximate surface area is 117 Å². The Morgan fingerprint density at radius 2 is 1.33 bits per heavy atom. The van der Waals surface area contributed by atoms with Crippen molar-refractivity contribution in [2.45, 2.75) is 19.8 Å². The molecule has 2 aromatic carbocycles. The maximum atomic E-state index is 3.42. The monoisotopic (exact) mass is 298 g/mol. The molecule has 0 N–H and O–H groups in total. The predicted molar refractivity (Wildman–Crippen MR) is 80.6 cm³/mol. The molecule has 0 aliphatic rings. The van der Waals surface area contributed by atoms with Gasteiger partial charge in [-0.15, -0.1) is 0 Å². The van der Waals surface area contributed by atoms with E-state index in [-0.39, 0.29) is 0 Å². The highest BCUT2D eigenvalue weighted by atomic mass is 79.9. The summed E-state index contributed by atoms with van der Waals surface area (Å²) >= 11 is 3.42. The molecule has 0 aliphatic carbocycles. The minimum Gasteiger partial charge on any atom is -0.0651 e. The van der Waals surface area contributed by atoms with Crippen LogP contribution in [-0.2, 0) is 6.42 Å². The van der Waals surface area contributed by atoms with Crippen molar-refractivity contribution in [3.63, 3.8) is 0 Å². The number of rotatable bonds is 2. The molecule has 0 saturated carbocycles. The van der Waals surface area contributed by atoms with E-state index in [1.165, 1.54) is 12.0 Å². The summed E-state index contributed by atoms with van der Waals surface area (Å²) < 4.78 is 1.08. The van der Waals surface area contributed by atoms with Gasteiger partial charge in [0.2, 0.25) is 0 Å². The summed E-state index contributed by atoms with van der Waals surface area (Å²) in [5, 5.41) is 0. The van der Waals surface area contributed by atoms with Gasteiger partial charge in [0.25, 0.3) is 0 Å². The van der Waals surface area contributed by atoms with E-state index in [0.717, 1.165) is 22.0 Å². The van der Waals surface area contributed by atoms with Crippen molar-refractivity contribution in [1.29, 1.82) is 0 Å². The van der Waals surface area contributed by atoms with E-state index < -0.39 is 0 Å². The topological polar surface area (TPSA) is 0 Å². The Balaban J connectivity index is 2.12. The van der Waals surface area contributed by atoms with Gasteiger partial charge in [0, 0.05) is 15.6 Å². The normalized spacial score (nSPS) is 9.67. The molecule has 2 aromatic rings. The van der Waals surface area contributed by atoms with Crippen LogP contribution >= 0.6 is 15.9 Å². The van der Waals surface area contributed by atoms with Crippen LogP contribution in [0.4, 0.5) is 0 Å². The molecule has 90 valence electrons. The molecule has 0 radical (unpaired) electrons. The van der Waals surface area contributed by atoms with Crippen LogP contribution in [0.25, 0.3) is 0 Å². The van der Waals surface area contributed by atoms with Gasteiger partial charge in [0.15, 0.2) is 0 Å². The maximum Gasteiger partial charge on any atom is 0.0249 e. The third kappa shape index (κ3) is 3.75. The zero-order chi connectivity index (χ0) is 12.8. The lowest BCUT2D eigenvalue weighted by atomic mass is 10.1. The Bertz CT molecular complexity index is 553. The molecule has 0 heterocycles. The predicted octanol–water partition coefficient (Wildman–Crippen LogP) is 4.80. The van der Waals surface area contributed by atoms with Crippen molar-refractivity contribution in [3.8, 4) is 11.8 Å². The summed E-state index contributed by atoms with van der Waals surface area (Å²) in [4.78, 5) is 0. The van der Waals surface area contributed by atoms with E-state index in [9.17, 15) is 0 Å². The first kappa shape index (κ1) is 12.9. The Hall–Kier alpha value is -1.52. The van der Waals surface area contributed by atoms with Crippen LogP contribution in [-0.4, -0.2) is 0 Å². The van der Waals surface area contributed by atoms with Crippen molar-refractivity contribution < 1.29 is 0 Å². The Morgan fingerprint density at radius 3 is 1.83 bits per heavy atom. The molecule has 1 heteroatoms. The first-order valence-corrected chi connectivity index (χ1v) is 6.94. The van der Waals surface area contributed by atoms with Gasteiger partial charge in [-0.05, 0) is 48.4 Å². The summed E-state index contributed by atoms with van der Waals surface area (Å²) in [7, 11) is 0. The minimum absolute atomic E-state index is 1.04. The van der Waals surface area contributed by atoms with Crippen molar-refractivity contribution in [3.05, 3.63) is 69.7 Å². The van der Waals surface area contributed by atoms with Crippen LogP contribution in [0.1, 0.15) is 30.0 Å². The molecular weight excluding hydrogens is 284 g/mol. The Morgan fingerprint density at radius 1 is 0.833 bits per heavy atom. The standard InChI is InChI=1S/C17H15Br/c1-2-3-14-4-6-15(7-5-14)8-9-16-10-12-17(18)13-11-16/h4-7,10-13H,2-3H2,1H3. The second-order valence-corrected chi connectivity index (χ2v) is 5.12. The number of benzene rings is 2. The van der Waals surface area contributed by atoms with Crippen molar-refractivity contribution in [1.82, 2.24) is 0 Å². The van der Waals surface area contributed by atoms with E-state index in [1.807, 2.05) is 24.3 Å². The van der Waals surface area contributed by atoms with Crippen molar-refractivity contribution in [2.75, 3.05) is 0 Å². The van der Waals surface area contributed by atoms with Gasteiger partial charge in [-0.1, -0.05) is 53.2 Å². The largest absolute Gasteiger partial charge is 0.0651 e. The lowest BCUT2D eigenvalue weighted by Crippen LogP contribution is -1.83. The van der Waals surface area contributed by atoms with E-state index >= 15 is 0 Å². The quantitative estimate of drug-likeness (QED) is 0.699. The zero-order valence-electron chi connectivity index (χ0n) is 10.4. The Kier molecular flexibility index (Phi) is 4.61. The summed E-state index contributed by atoms with van der Waals surface area (Å²) in [6.07, 6.45) is 2.32. The van der Waals surface area contributed by atoms with E-state index in [0.29, 0.717) is 0 Å². The number of aryl methyl sites for hydroxylation is 1. The highest BCUT2D eigenvalue weighted by Gasteiger charge is 1.91. The molecule has 0 atom stereocenters. The number of halogens is 1. The van der Waals surface area contributed by atoms with Gasteiger partial charge < -0.3 is 0 Å². The third-order valence-electron chi connectivity index (χ3n) is 2.69. The smallest absolute Gasteiger partial charge is 0.0249 e. The highest BCUT2D eigenvalue weighted by Crippen LogP contribution is 2.10. The summed E-state index contributed by atoms with van der Waals surface area (Å²) in [6.45, 7) is 2.20. The van der Waals surface area contributed by atoms with Crippen LogP contribution in [0.3, 0.4) is 0 Å². The molecule has 0 aromatic heterocycles. The zero-order valence-corrected chi connectivity index (χ0v) is 12.0. The second kappa shape index (κ2) is 6.42. The first-order chi connectivity index (χ1) is 8.78. The molecule has 0 saturated heterocycles. The third-order valence-corrected chi connectivity index (χ3v) is 3.22. The van der Waals surface area contributed by atoms with Crippen LogP contribution in [0.15, 0.2) is 53.0 Å². The van der Waals surface area contributed by atoms with E-state index in [4.69, 9.17) is 0 Å². The molecule has 0 bridgehead atoms. The van der Waals surface area contributed by atoms with Crippen LogP contribution in [0, 0.1) is 11.8 Å². The van der Waals surface area contributed by atoms with Gasteiger partial charge >= 0.3 is 0 Å². The van der Waals surface area contributed by atoms with Crippen LogP contribution < -0.4 is 0 Å². The summed E-state index contributed by atoms with van der Waals surface area (Å²) in [5.74, 6) is 6.35. The fourth-order valence-corrected chi connectivity index (χ4v) is 1.99. The fraction of sp³-hybridized carbons (Fsp3) is 0.176. The molecule has 0 unspecified atom stereocenters. The SMILES string of the molecule is CCCc1ccc(C#Cc2ccc(Br)cc2)cc1. The fourth-order valence-electron chi connectivity index (χ4n) is 1.72.